The molecule has 64 valence electrons. The van der Waals surface area contributed by atoms with Gasteiger partial charge in [0.05, 0.1) is 13.3 Å². The third-order valence-electron chi connectivity index (χ3n) is 1.11. The van der Waals surface area contributed by atoms with Crippen LogP contribution < -0.4 is 4.74 Å². The predicted octanol–water partition coefficient (Wildman–Crippen LogP) is 0.837. The number of methoxy groups -OCH3 is 1. The number of halogens is 1. The van der Waals surface area contributed by atoms with Crippen molar-refractivity contribution in [2.45, 2.75) is 0 Å². The van der Waals surface area contributed by atoms with Crippen LogP contribution in [0, 0.1) is 0 Å². The molecule has 6 heteroatoms. The van der Waals surface area contributed by atoms with Crippen molar-refractivity contribution in [1.29, 1.82) is 0 Å². The fraction of sp³-hybridized carbons (Fsp3) is 0.167. The third-order valence-corrected chi connectivity index (χ3v) is 1.29. The molecule has 12 heavy (non-hydrogen) atoms. The highest BCUT2D eigenvalue weighted by Gasteiger charge is 2.14. The second-order valence-electron chi connectivity index (χ2n) is 1.86. The van der Waals surface area contributed by atoms with Gasteiger partial charge in [0.15, 0.2) is 0 Å². The van der Waals surface area contributed by atoms with E-state index in [1.54, 1.807) is 0 Å². The number of carbonyl (C=O) groups is 1. The summed E-state index contributed by atoms with van der Waals surface area (Å²) in [6, 6.07) is 0. The Morgan fingerprint density at radius 1 is 1.75 bits per heavy atom. The van der Waals surface area contributed by atoms with Crippen molar-refractivity contribution in [3.63, 3.8) is 0 Å². The lowest BCUT2D eigenvalue weighted by Gasteiger charge is -2.01. The SMILES string of the molecule is COc1ncc(Cl)nc1C(=O)O. The molecule has 0 aliphatic heterocycles. The number of aromatic carboxylic acids is 1. The van der Waals surface area contributed by atoms with Crippen molar-refractivity contribution in [3.8, 4) is 5.88 Å². The molecule has 0 aromatic carbocycles. The first-order valence-corrected chi connectivity index (χ1v) is 3.32. The fourth-order valence-corrected chi connectivity index (χ4v) is 0.779. The number of nitrogens with zero attached hydrogens (tertiary/aromatic N) is 2. The van der Waals surface area contributed by atoms with Gasteiger partial charge in [0, 0.05) is 0 Å². The molecule has 0 saturated heterocycles. The lowest BCUT2D eigenvalue weighted by atomic mass is 10.4. The minimum absolute atomic E-state index is 0.0215. The molecule has 0 fully saturated rings. The van der Waals surface area contributed by atoms with Gasteiger partial charge in [-0.05, 0) is 0 Å². The smallest absolute Gasteiger partial charge is 0.360 e. The highest BCUT2D eigenvalue weighted by Crippen LogP contribution is 2.14. The molecular weight excluding hydrogens is 184 g/mol. The molecule has 1 rings (SSSR count). The van der Waals surface area contributed by atoms with Crippen LogP contribution in [0.25, 0.3) is 0 Å². The molecule has 1 aromatic heterocycles. The highest BCUT2D eigenvalue weighted by atomic mass is 35.5. The van der Waals surface area contributed by atoms with Gasteiger partial charge >= 0.3 is 5.97 Å². The summed E-state index contributed by atoms with van der Waals surface area (Å²) in [5.74, 6) is -1.27. The monoisotopic (exact) mass is 188 g/mol. The molecule has 0 bridgehead atoms. The van der Waals surface area contributed by atoms with Crippen molar-refractivity contribution < 1.29 is 14.6 Å². The second-order valence-corrected chi connectivity index (χ2v) is 2.24. The molecule has 0 radical (unpaired) electrons. The Labute approximate surface area is 73.0 Å². The van der Waals surface area contributed by atoms with Crippen LogP contribution in [0.15, 0.2) is 6.20 Å². The van der Waals surface area contributed by atoms with E-state index in [0.717, 1.165) is 0 Å². The van der Waals surface area contributed by atoms with E-state index in [2.05, 4.69) is 14.7 Å². The van der Waals surface area contributed by atoms with Crippen LogP contribution in [-0.2, 0) is 0 Å². The summed E-state index contributed by atoms with van der Waals surface area (Å²) in [6.07, 6.45) is 1.22. The summed E-state index contributed by atoms with van der Waals surface area (Å²) in [6.45, 7) is 0. The zero-order valence-corrected chi connectivity index (χ0v) is 6.87. The molecule has 5 nitrogen and oxygen atoms in total. The van der Waals surface area contributed by atoms with Crippen LogP contribution in [0.5, 0.6) is 5.88 Å². The minimum atomic E-state index is -1.22. The van der Waals surface area contributed by atoms with Crippen LogP contribution in [0.2, 0.25) is 5.15 Å². The molecule has 0 atom stereocenters. The average Bonchev–Trinajstić information content (AvgIpc) is 2.04. The van der Waals surface area contributed by atoms with Crippen molar-refractivity contribution in [2.24, 2.45) is 0 Å². The molecule has 1 aromatic rings. The summed E-state index contributed by atoms with van der Waals surface area (Å²) in [4.78, 5) is 17.6. The predicted molar refractivity (Wildman–Crippen MR) is 40.6 cm³/mol. The van der Waals surface area contributed by atoms with E-state index in [-0.39, 0.29) is 16.7 Å². The fourth-order valence-electron chi connectivity index (χ4n) is 0.645. The molecule has 1 N–H and O–H groups in total. The van der Waals surface area contributed by atoms with Gasteiger partial charge in [-0.1, -0.05) is 11.6 Å². The van der Waals surface area contributed by atoms with Crippen LogP contribution in [0.1, 0.15) is 10.5 Å². The van der Waals surface area contributed by atoms with Crippen LogP contribution in [-0.4, -0.2) is 28.2 Å². The van der Waals surface area contributed by atoms with Crippen LogP contribution in [0.3, 0.4) is 0 Å². The van der Waals surface area contributed by atoms with E-state index in [4.69, 9.17) is 16.7 Å². The van der Waals surface area contributed by atoms with Gasteiger partial charge in [-0.3, -0.25) is 0 Å². The summed E-state index contributed by atoms with van der Waals surface area (Å²) >= 11 is 5.43. The number of hydrogen-bond acceptors (Lipinski definition) is 4. The normalized spacial score (nSPS) is 9.50. The maximum absolute atomic E-state index is 10.5. The highest BCUT2D eigenvalue weighted by molar-refractivity contribution is 6.29. The van der Waals surface area contributed by atoms with Gasteiger partial charge in [0.2, 0.25) is 11.6 Å². The number of rotatable bonds is 2. The van der Waals surface area contributed by atoms with Crippen LogP contribution >= 0.6 is 11.6 Å². The molecule has 0 amide bonds. The van der Waals surface area contributed by atoms with Gasteiger partial charge in [-0.2, -0.15) is 0 Å². The van der Waals surface area contributed by atoms with E-state index in [9.17, 15) is 4.79 Å². The first kappa shape index (κ1) is 8.73. The summed E-state index contributed by atoms with van der Waals surface area (Å²) in [5.41, 5.74) is -0.287. The maximum atomic E-state index is 10.5. The first-order valence-electron chi connectivity index (χ1n) is 2.95. The first-order chi connectivity index (χ1) is 5.65. The van der Waals surface area contributed by atoms with Gasteiger partial charge in [0.25, 0.3) is 0 Å². The van der Waals surface area contributed by atoms with E-state index < -0.39 is 5.97 Å². The summed E-state index contributed by atoms with van der Waals surface area (Å²) in [5, 5.41) is 8.60. The number of carboxylic acids is 1. The van der Waals surface area contributed by atoms with Crippen molar-refractivity contribution >= 4 is 17.6 Å². The van der Waals surface area contributed by atoms with E-state index in [1.807, 2.05) is 0 Å². The molecule has 0 unspecified atom stereocenters. The molecule has 0 aliphatic carbocycles. The average molecular weight is 189 g/mol. The van der Waals surface area contributed by atoms with Crippen molar-refractivity contribution in [1.82, 2.24) is 9.97 Å². The van der Waals surface area contributed by atoms with Gasteiger partial charge in [0.1, 0.15) is 5.15 Å². The summed E-state index contributed by atoms with van der Waals surface area (Å²) < 4.78 is 4.65. The third kappa shape index (κ3) is 1.62. The van der Waals surface area contributed by atoms with Crippen molar-refractivity contribution in [3.05, 3.63) is 17.0 Å². The largest absolute Gasteiger partial charge is 0.479 e. The molecular formula is C6H5ClN2O3. The zero-order chi connectivity index (χ0) is 9.14. The van der Waals surface area contributed by atoms with E-state index in [1.165, 1.54) is 13.3 Å². The van der Waals surface area contributed by atoms with Gasteiger partial charge in [-0.15, -0.1) is 0 Å². The molecule has 1 heterocycles. The quantitative estimate of drug-likeness (QED) is 0.745. The van der Waals surface area contributed by atoms with Gasteiger partial charge < -0.3 is 9.84 Å². The Morgan fingerprint density at radius 2 is 2.42 bits per heavy atom. The number of hydrogen-bond donors (Lipinski definition) is 1. The topological polar surface area (TPSA) is 72.3 Å². The zero-order valence-electron chi connectivity index (χ0n) is 6.11. The van der Waals surface area contributed by atoms with E-state index >= 15 is 0 Å². The molecule has 0 saturated carbocycles. The molecule has 0 spiro atoms. The Kier molecular flexibility index (Phi) is 2.44. The lowest BCUT2D eigenvalue weighted by molar-refractivity contribution is 0.0685. The Hall–Kier alpha value is -1.36. The Morgan fingerprint density at radius 3 is 2.92 bits per heavy atom. The number of ether oxygens (including phenoxy) is 1. The van der Waals surface area contributed by atoms with Crippen LogP contribution in [0.4, 0.5) is 0 Å². The second kappa shape index (κ2) is 3.36. The van der Waals surface area contributed by atoms with Crippen molar-refractivity contribution in [2.75, 3.05) is 7.11 Å². The lowest BCUT2D eigenvalue weighted by Crippen LogP contribution is -2.05. The summed E-state index contributed by atoms with van der Waals surface area (Å²) in [7, 11) is 1.31. The standard InChI is InChI=1S/C6H5ClN2O3/c1-12-5-4(6(10)11)9-3(7)2-8-5/h2H,1H3,(H,10,11). The molecule has 0 aliphatic rings. The Bertz CT molecular complexity index is 316. The minimum Gasteiger partial charge on any atom is -0.479 e. The van der Waals surface area contributed by atoms with E-state index in [0.29, 0.717) is 0 Å². The Balaban J connectivity index is 3.21. The number of aromatic nitrogens is 2. The maximum Gasteiger partial charge on any atom is 0.360 e. The number of carboxylic acid groups (broad SMARTS) is 1. The van der Waals surface area contributed by atoms with Gasteiger partial charge in [-0.25, -0.2) is 14.8 Å².